The van der Waals surface area contributed by atoms with Gasteiger partial charge in [0.25, 0.3) is 5.91 Å². The highest BCUT2D eigenvalue weighted by molar-refractivity contribution is 6.05. The molecule has 1 aliphatic rings. The third-order valence-electron chi connectivity index (χ3n) is 4.27. The van der Waals surface area contributed by atoms with E-state index in [0.29, 0.717) is 5.56 Å². The minimum atomic E-state index is -0.0392. The quantitative estimate of drug-likeness (QED) is 0.931. The largest absolute Gasteiger partial charge is 0.378 e. The SMILES string of the molecule is CN(C)c1cccc(C(=O)Nc2cccc3c2CCCC3)c1. The lowest BCUT2D eigenvalue weighted by atomic mass is 9.90. The van der Waals surface area contributed by atoms with Crippen LogP contribution in [-0.4, -0.2) is 20.0 Å². The zero-order valence-corrected chi connectivity index (χ0v) is 13.2. The Morgan fingerprint density at radius 1 is 1.05 bits per heavy atom. The fraction of sp³-hybridized carbons (Fsp3) is 0.316. The first-order chi connectivity index (χ1) is 10.6. The molecule has 1 amide bonds. The summed E-state index contributed by atoms with van der Waals surface area (Å²) < 4.78 is 0. The molecule has 0 radical (unpaired) electrons. The molecule has 2 aromatic carbocycles. The Morgan fingerprint density at radius 3 is 2.64 bits per heavy atom. The fourth-order valence-electron chi connectivity index (χ4n) is 3.02. The molecule has 1 aliphatic carbocycles. The number of nitrogens with one attached hydrogen (secondary N) is 1. The topological polar surface area (TPSA) is 32.3 Å². The van der Waals surface area contributed by atoms with Gasteiger partial charge in [-0.1, -0.05) is 18.2 Å². The lowest BCUT2D eigenvalue weighted by Crippen LogP contribution is -2.16. The number of carbonyl (C=O) groups excluding carboxylic acids is 1. The molecular weight excluding hydrogens is 272 g/mol. The van der Waals surface area contributed by atoms with E-state index < -0.39 is 0 Å². The molecule has 0 aromatic heterocycles. The predicted molar refractivity (Wildman–Crippen MR) is 91.8 cm³/mol. The van der Waals surface area contributed by atoms with E-state index in [1.165, 1.54) is 24.0 Å². The van der Waals surface area contributed by atoms with Gasteiger partial charge in [0, 0.05) is 31.0 Å². The summed E-state index contributed by atoms with van der Waals surface area (Å²) in [5.41, 5.74) is 5.39. The molecule has 0 saturated heterocycles. The molecular formula is C19H22N2O. The van der Waals surface area contributed by atoms with Gasteiger partial charge in [0.15, 0.2) is 0 Å². The van der Waals surface area contributed by atoms with Gasteiger partial charge in [-0.2, -0.15) is 0 Å². The lowest BCUT2D eigenvalue weighted by Gasteiger charge is -2.20. The normalized spacial score (nSPS) is 13.4. The fourth-order valence-corrected chi connectivity index (χ4v) is 3.02. The van der Waals surface area contributed by atoms with Crippen LogP contribution < -0.4 is 10.2 Å². The molecule has 0 atom stereocenters. The molecule has 3 heteroatoms. The number of aryl methyl sites for hydroxylation is 1. The number of hydrogen-bond donors (Lipinski definition) is 1. The van der Waals surface area contributed by atoms with E-state index in [4.69, 9.17) is 0 Å². The molecule has 22 heavy (non-hydrogen) atoms. The maximum atomic E-state index is 12.5. The Balaban J connectivity index is 1.84. The third-order valence-corrected chi connectivity index (χ3v) is 4.27. The summed E-state index contributed by atoms with van der Waals surface area (Å²) >= 11 is 0. The molecule has 0 aliphatic heterocycles. The molecule has 0 bridgehead atoms. The third kappa shape index (κ3) is 2.98. The molecule has 0 fully saturated rings. The van der Waals surface area contributed by atoms with E-state index >= 15 is 0 Å². The van der Waals surface area contributed by atoms with Crippen LogP contribution in [0.4, 0.5) is 11.4 Å². The van der Waals surface area contributed by atoms with Gasteiger partial charge in [0.1, 0.15) is 0 Å². The van der Waals surface area contributed by atoms with Crippen molar-refractivity contribution in [3.63, 3.8) is 0 Å². The maximum Gasteiger partial charge on any atom is 0.255 e. The zero-order chi connectivity index (χ0) is 15.5. The van der Waals surface area contributed by atoms with Crippen LogP contribution in [0.1, 0.15) is 34.3 Å². The van der Waals surface area contributed by atoms with Gasteiger partial charge in [0.05, 0.1) is 0 Å². The Morgan fingerprint density at radius 2 is 1.82 bits per heavy atom. The van der Waals surface area contributed by atoms with Gasteiger partial charge in [-0.15, -0.1) is 0 Å². The summed E-state index contributed by atoms with van der Waals surface area (Å²) in [6, 6.07) is 13.9. The van der Waals surface area contributed by atoms with Crippen molar-refractivity contribution in [2.45, 2.75) is 25.7 Å². The molecule has 0 spiro atoms. The molecule has 114 valence electrons. The molecule has 2 aromatic rings. The highest BCUT2D eigenvalue weighted by Gasteiger charge is 2.15. The molecule has 3 rings (SSSR count). The highest BCUT2D eigenvalue weighted by atomic mass is 16.1. The van der Waals surface area contributed by atoms with Crippen molar-refractivity contribution in [3.05, 3.63) is 59.2 Å². The molecule has 1 N–H and O–H groups in total. The van der Waals surface area contributed by atoms with Gasteiger partial charge in [-0.05, 0) is 61.1 Å². The second-order valence-electron chi connectivity index (χ2n) is 6.05. The summed E-state index contributed by atoms with van der Waals surface area (Å²) in [6.45, 7) is 0. The van der Waals surface area contributed by atoms with Gasteiger partial charge >= 0.3 is 0 Å². The summed E-state index contributed by atoms with van der Waals surface area (Å²) in [5, 5.41) is 3.10. The van der Waals surface area contributed by atoms with Gasteiger partial charge in [0.2, 0.25) is 0 Å². The van der Waals surface area contributed by atoms with Crippen LogP contribution in [0.15, 0.2) is 42.5 Å². The minimum absolute atomic E-state index is 0.0392. The average Bonchev–Trinajstić information content (AvgIpc) is 2.55. The number of carbonyl (C=O) groups is 1. The van der Waals surface area contributed by atoms with Crippen molar-refractivity contribution in [2.24, 2.45) is 0 Å². The smallest absolute Gasteiger partial charge is 0.255 e. The first-order valence-corrected chi connectivity index (χ1v) is 7.84. The zero-order valence-electron chi connectivity index (χ0n) is 13.2. The molecule has 0 unspecified atom stereocenters. The van der Waals surface area contributed by atoms with Gasteiger partial charge < -0.3 is 10.2 Å². The Labute approximate surface area is 132 Å². The van der Waals surface area contributed by atoms with Crippen LogP contribution in [0.5, 0.6) is 0 Å². The Bertz CT molecular complexity index is 692. The van der Waals surface area contributed by atoms with Crippen LogP contribution in [0.25, 0.3) is 0 Å². The van der Waals surface area contributed by atoms with E-state index in [1.54, 1.807) is 0 Å². The summed E-state index contributed by atoms with van der Waals surface area (Å²) in [5.74, 6) is -0.0392. The van der Waals surface area contributed by atoms with Crippen LogP contribution in [-0.2, 0) is 12.8 Å². The summed E-state index contributed by atoms with van der Waals surface area (Å²) in [4.78, 5) is 14.5. The number of hydrogen-bond acceptors (Lipinski definition) is 2. The van der Waals surface area contributed by atoms with Crippen LogP contribution >= 0.6 is 0 Å². The molecule has 0 saturated carbocycles. The second-order valence-corrected chi connectivity index (χ2v) is 6.05. The van der Waals surface area contributed by atoms with Crippen LogP contribution in [0.2, 0.25) is 0 Å². The van der Waals surface area contributed by atoms with Crippen molar-refractivity contribution < 1.29 is 4.79 Å². The number of nitrogens with zero attached hydrogens (tertiary/aromatic N) is 1. The van der Waals surface area contributed by atoms with Crippen molar-refractivity contribution in [1.82, 2.24) is 0 Å². The molecule has 3 nitrogen and oxygen atoms in total. The number of rotatable bonds is 3. The average molecular weight is 294 g/mol. The summed E-state index contributed by atoms with van der Waals surface area (Å²) in [7, 11) is 3.95. The molecule has 0 heterocycles. The van der Waals surface area contributed by atoms with E-state index in [9.17, 15) is 4.79 Å². The predicted octanol–water partition coefficient (Wildman–Crippen LogP) is 3.88. The lowest BCUT2D eigenvalue weighted by molar-refractivity contribution is 0.102. The van der Waals surface area contributed by atoms with Gasteiger partial charge in [-0.25, -0.2) is 0 Å². The van der Waals surface area contributed by atoms with E-state index in [-0.39, 0.29) is 5.91 Å². The monoisotopic (exact) mass is 294 g/mol. The first-order valence-electron chi connectivity index (χ1n) is 7.84. The van der Waals surface area contributed by atoms with Crippen LogP contribution in [0.3, 0.4) is 0 Å². The number of fused-ring (bicyclic) bond motifs is 1. The maximum absolute atomic E-state index is 12.5. The number of benzene rings is 2. The first kappa shape index (κ1) is 14.6. The van der Waals surface area contributed by atoms with Crippen molar-refractivity contribution >= 4 is 17.3 Å². The standard InChI is InChI=1S/C19H22N2O/c1-21(2)16-10-5-9-15(13-16)19(22)20-18-12-6-8-14-7-3-4-11-17(14)18/h5-6,8-10,12-13H,3-4,7,11H2,1-2H3,(H,20,22). The Kier molecular flexibility index (Phi) is 4.14. The van der Waals surface area contributed by atoms with Crippen molar-refractivity contribution in [3.8, 4) is 0 Å². The van der Waals surface area contributed by atoms with Gasteiger partial charge in [-0.3, -0.25) is 4.79 Å². The van der Waals surface area contributed by atoms with Crippen LogP contribution in [0, 0.1) is 0 Å². The minimum Gasteiger partial charge on any atom is -0.378 e. The summed E-state index contributed by atoms with van der Waals surface area (Å²) in [6.07, 6.45) is 4.63. The second kappa shape index (κ2) is 6.22. The highest BCUT2D eigenvalue weighted by Crippen LogP contribution is 2.28. The van der Waals surface area contributed by atoms with E-state index in [0.717, 1.165) is 24.2 Å². The van der Waals surface area contributed by atoms with Crippen molar-refractivity contribution in [1.29, 1.82) is 0 Å². The number of anilines is 2. The van der Waals surface area contributed by atoms with E-state index in [1.807, 2.05) is 55.4 Å². The number of amides is 1. The Hall–Kier alpha value is -2.29. The van der Waals surface area contributed by atoms with Crippen molar-refractivity contribution in [2.75, 3.05) is 24.3 Å². The van der Waals surface area contributed by atoms with E-state index in [2.05, 4.69) is 11.4 Å².